The van der Waals surface area contributed by atoms with E-state index in [1.807, 2.05) is 14.1 Å². The molecule has 3 aromatic rings. The Morgan fingerprint density at radius 3 is 2.38 bits per heavy atom. The molecule has 0 unspecified atom stereocenters. The van der Waals surface area contributed by atoms with Crippen molar-refractivity contribution in [3.8, 4) is 0 Å². The molecule has 0 radical (unpaired) electrons. The third-order valence-corrected chi connectivity index (χ3v) is 6.40. The second kappa shape index (κ2) is 11.2. The summed E-state index contributed by atoms with van der Waals surface area (Å²) in [6, 6.07) is 10.7. The molecule has 39 heavy (non-hydrogen) atoms. The zero-order valence-electron chi connectivity index (χ0n) is 21.4. The van der Waals surface area contributed by atoms with Gasteiger partial charge in [-0.05, 0) is 41.9 Å². The number of nitrogens with zero attached hydrogens (tertiary/aromatic N) is 6. The van der Waals surface area contributed by atoms with Crippen LogP contribution < -0.4 is 21.6 Å². The third kappa shape index (κ3) is 6.12. The smallest absolute Gasteiger partial charge is 0.372 e. The first-order chi connectivity index (χ1) is 18.6. The number of quaternary nitrogens is 1. The van der Waals surface area contributed by atoms with Crippen molar-refractivity contribution in [2.75, 3.05) is 38.6 Å². The number of likely N-dealkylation sites (N-methyl/N-ethyl adjacent to an activating group) is 1. The Hall–Kier alpha value is -5.00. The third-order valence-electron chi connectivity index (χ3n) is 6.40. The Balaban J connectivity index is 1.31. The number of amides is 3. The number of rotatable bonds is 10. The van der Waals surface area contributed by atoms with Gasteiger partial charge in [0.1, 0.15) is 0 Å². The molecule has 0 saturated carbocycles. The Labute approximate surface area is 221 Å². The van der Waals surface area contributed by atoms with Crippen LogP contribution in [0.5, 0.6) is 0 Å². The number of carbonyl (C=O) groups is 3. The summed E-state index contributed by atoms with van der Waals surface area (Å²) in [6.07, 6.45) is 2.99. The van der Waals surface area contributed by atoms with E-state index in [0.29, 0.717) is 53.9 Å². The zero-order valence-corrected chi connectivity index (χ0v) is 21.4. The van der Waals surface area contributed by atoms with Gasteiger partial charge < -0.3 is 14.2 Å². The fourth-order valence-electron chi connectivity index (χ4n) is 4.30. The molecule has 0 spiro atoms. The van der Waals surface area contributed by atoms with Gasteiger partial charge in [-0.15, -0.1) is 0 Å². The van der Waals surface area contributed by atoms with Gasteiger partial charge in [-0.25, -0.2) is 14.5 Å². The lowest BCUT2D eigenvalue weighted by Crippen LogP contribution is -2.46. The second-order valence-electron chi connectivity index (χ2n) is 9.58. The number of azide groups is 1. The van der Waals surface area contributed by atoms with E-state index in [4.69, 9.17) is 9.95 Å². The molecule has 0 saturated heterocycles. The van der Waals surface area contributed by atoms with E-state index < -0.39 is 23.2 Å². The minimum absolute atomic E-state index is 0.152. The fourth-order valence-corrected chi connectivity index (χ4v) is 4.30. The SMILES string of the molecule is C[N+](C)(CCCn1c(=O)oc(=O)c2cc(N=[N+]=[N-])ccc21)CCNC(=O)c1ccc(N2C(=O)C=CC2=O)cc1. The summed E-state index contributed by atoms with van der Waals surface area (Å²) in [4.78, 5) is 64.4. The number of hydrogen-bond donors (Lipinski definition) is 1. The van der Waals surface area contributed by atoms with E-state index in [1.165, 1.54) is 28.9 Å². The highest BCUT2D eigenvalue weighted by atomic mass is 16.4. The Morgan fingerprint density at radius 2 is 1.72 bits per heavy atom. The fraction of sp³-hybridized carbons (Fsp3) is 0.269. The molecule has 4 rings (SSSR count). The number of fused-ring (bicyclic) bond motifs is 1. The maximum Gasteiger partial charge on any atom is 0.422 e. The van der Waals surface area contributed by atoms with Crippen LogP contribution in [0.3, 0.4) is 0 Å². The first-order valence-corrected chi connectivity index (χ1v) is 12.1. The van der Waals surface area contributed by atoms with E-state index >= 15 is 0 Å². The molecule has 1 aliphatic rings. The molecule has 1 aliphatic heterocycles. The van der Waals surface area contributed by atoms with Gasteiger partial charge in [0, 0.05) is 41.3 Å². The Bertz CT molecular complexity index is 1630. The van der Waals surface area contributed by atoms with Crippen LogP contribution >= 0.6 is 0 Å². The number of benzene rings is 2. The van der Waals surface area contributed by atoms with Crippen LogP contribution in [0.1, 0.15) is 16.8 Å². The minimum Gasteiger partial charge on any atom is -0.372 e. The van der Waals surface area contributed by atoms with E-state index in [-0.39, 0.29) is 17.0 Å². The Kier molecular flexibility index (Phi) is 7.75. The van der Waals surface area contributed by atoms with Crippen molar-refractivity contribution in [3.63, 3.8) is 0 Å². The van der Waals surface area contributed by atoms with E-state index in [1.54, 1.807) is 30.3 Å². The first kappa shape index (κ1) is 27.0. The van der Waals surface area contributed by atoms with Crippen LogP contribution in [0.4, 0.5) is 11.4 Å². The maximum absolute atomic E-state index is 12.6. The second-order valence-corrected chi connectivity index (χ2v) is 9.58. The van der Waals surface area contributed by atoms with Gasteiger partial charge in [0.2, 0.25) is 0 Å². The normalized spacial score (nSPS) is 13.1. The molecule has 2 heterocycles. The maximum atomic E-state index is 12.6. The average molecular weight is 533 g/mol. The van der Waals surface area contributed by atoms with Crippen LogP contribution in [0, 0.1) is 0 Å². The van der Waals surface area contributed by atoms with Gasteiger partial charge in [-0.2, -0.15) is 0 Å². The van der Waals surface area contributed by atoms with Gasteiger partial charge in [-0.3, -0.25) is 19.0 Å². The first-order valence-electron chi connectivity index (χ1n) is 12.1. The summed E-state index contributed by atoms with van der Waals surface area (Å²) >= 11 is 0. The van der Waals surface area contributed by atoms with Gasteiger partial charge in [0.25, 0.3) is 17.7 Å². The Morgan fingerprint density at radius 1 is 1.03 bits per heavy atom. The average Bonchev–Trinajstić information content (AvgIpc) is 3.23. The molecular weight excluding hydrogens is 506 g/mol. The highest BCUT2D eigenvalue weighted by molar-refractivity contribution is 6.28. The highest BCUT2D eigenvalue weighted by Gasteiger charge is 2.25. The van der Waals surface area contributed by atoms with Crippen LogP contribution in [0.2, 0.25) is 0 Å². The van der Waals surface area contributed by atoms with E-state index in [0.717, 1.165) is 4.90 Å². The van der Waals surface area contributed by atoms with Crippen LogP contribution in [-0.4, -0.2) is 60.5 Å². The summed E-state index contributed by atoms with van der Waals surface area (Å²) < 4.78 is 6.77. The number of carbonyl (C=O) groups excluding carboxylic acids is 3. The molecule has 0 fully saturated rings. The predicted molar refractivity (Wildman–Crippen MR) is 142 cm³/mol. The molecule has 0 aliphatic carbocycles. The van der Waals surface area contributed by atoms with Crippen LogP contribution in [0.15, 0.2) is 73.7 Å². The van der Waals surface area contributed by atoms with Crippen LogP contribution in [-0.2, 0) is 16.1 Å². The molecule has 1 N–H and O–H groups in total. The van der Waals surface area contributed by atoms with Gasteiger partial charge in [-0.1, -0.05) is 11.2 Å². The van der Waals surface area contributed by atoms with Gasteiger partial charge >= 0.3 is 11.4 Å². The van der Waals surface area contributed by atoms with Crippen molar-refractivity contribution in [2.45, 2.75) is 13.0 Å². The van der Waals surface area contributed by atoms with E-state index in [9.17, 15) is 24.0 Å². The number of aromatic nitrogens is 1. The van der Waals surface area contributed by atoms with Crippen LogP contribution in [0.25, 0.3) is 21.3 Å². The topological polar surface area (TPSA) is 167 Å². The monoisotopic (exact) mass is 532 g/mol. The molecular formula is C26H26N7O6+. The van der Waals surface area contributed by atoms with E-state index in [2.05, 4.69) is 15.3 Å². The number of anilines is 1. The lowest BCUT2D eigenvalue weighted by Gasteiger charge is -2.30. The number of nitrogens with one attached hydrogen (secondary N) is 1. The molecule has 0 bridgehead atoms. The standard InChI is InChI=1S/C26H25N7O6/c1-33(2,14-3-13-31-21-9-6-18(29-30-27)16-20(21)25(37)39-26(31)38)15-12-28-24(36)17-4-7-19(8-5-17)32-22(34)10-11-23(32)35/h4-11,16H,3,12-15H2,1-2H3/p+1. The lowest BCUT2D eigenvalue weighted by molar-refractivity contribution is -0.889. The van der Waals surface area contributed by atoms with Crippen molar-refractivity contribution < 1.29 is 23.3 Å². The molecule has 13 heteroatoms. The van der Waals surface area contributed by atoms with Crippen molar-refractivity contribution in [2.24, 2.45) is 5.11 Å². The van der Waals surface area contributed by atoms with Crippen molar-refractivity contribution in [1.29, 1.82) is 0 Å². The summed E-state index contributed by atoms with van der Waals surface area (Å²) in [5.41, 5.74) is 9.26. The highest BCUT2D eigenvalue weighted by Crippen LogP contribution is 2.20. The van der Waals surface area contributed by atoms with Gasteiger partial charge in [0.05, 0.1) is 50.3 Å². The molecule has 200 valence electrons. The van der Waals surface area contributed by atoms with Gasteiger partial charge in [0.15, 0.2) is 0 Å². The number of hydrogen-bond acceptors (Lipinski definition) is 7. The lowest BCUT2D eigenvalue weighted by atomic mass is 10.2. The molecule has 0 atom stereocenters. The molecule has 2 aromatic carbocycles. The van der Waals surface area contributed by atoms with Crippen molar-refractivity contribution in [3.05, 3.63) is 91.6 Å². The van der Waals surface area contributed by atoms with Crippen molar-refractivity contribution in [1.82, 2.24) is 9.88 Å². The molecule has 3 amide bonds. The summed E-state index contributed by atoms with van der Waals surface area (Å²) in [7, 11) is 3.99. The largest absolute Gasteiger partial charge is 0.422 e. The molecule has 13 nitrogen and oxygen atoms in total. The summed E-state index contributed by atoms with van der Waals surface area (Å²) in [5.74, 6) is -1.89. The number of imide groups is 1. The molecule has 1 aromatic heterocycles. The zero-order chi connectivity index (χ0) is 28.2. The summed E-state index contributed by atoms with van der Waals surface area (Å²) in [5, 5.41) is 6.51. The minimum atomic E-state index is -0.794. The quantitative estimate of drug-likeness (QED) is 0.138. The summed E-state index contributed by atoms with van der Waals surface area (Å²) in [6.45, 7) is 1.98. The number of aryl methyl sites for hydroxylation is 1. The van der Waals surface area contributed by atoms with Crippen molar-refractivity contribution >= 4 is 40.0 Å². The predicted octanol–water partition coefficient (Wildman–Crippen LogP) is 2.22.